The summed E-state index contributed by atoms with van der Waals surface area (Å²) in [6.07, 6.45) is 9.36. The predicted octanol–water partition coefficient (Wildman–Crippen LogP) is 3.74. The number of hydrogen-bond donors (Lipinski definition) is 4. The summed E-state index contributed by atoms with van der Waals surface area (Å²) in [5, 5.41) is 20.6. The number of aryl methyl sites for hydroxylation is 3. The lowest BCUT2D eigenvalue weighted by Crippen LogP contribution is -2.41. The number of carbonyl (C=O) groups is 3. The molecule has 0 aliphatic rings. The van der Waals surface area contributed by atoms with E-state index in [0.29, 0.717) is 41.8 Å². The molecule has 0 aliphatic heterocycles. The van der Waals surface area contributed by atoms with Crippen LogP contribution in [0.5, 0.6) is 0 Å². The molecule has 0 radical (unpaired) electrons. The van der Waals surface area contributed by atoms with Gasteiger partial charge in [0, 0.05) is 37.8 Å². The summed E-state index contributed by atoms with van der Waals surface area (Å²) < 4.78 is 16.9. The standard InChI is InChI=1S/C35H42FN7O6Si/c1-5-16-42(21-24-10-14-31-29(19-24)34(46)38-23(2)37-31)26-11-13-28(30(36)20-26)33(45)39-32(35(47)48)15-12-27(44)9-6-17-43-22-25(40-41-43)8-7-18-50(3,4)49/h1,10-11,13-14,19-20,22,32,49H,6-9,12,15-18,21H2,2-4H3,(H,39,45)(H,47,48)(H,37,38,46)/t32-/m0/s1. The van der Waals surface area contributed by atoms with Gasteiger partial charge in [0.05, 0.1) is 28.7 Å². The minimum absolute atomic E-state index is 0.0839. The Bertz CT molecular complexity index is 1950. The van der Waals surface area contributed by atoms with Crippen molar-refractivity contribution in [1.82, 2.24) is 30.3 Å². The zero-order chi connectivity index (χ0) is 36.4. The molecule has 4 rings (SSSR count). The van der Waals surface area contributed by atoms with Gasteiger partial charge in [0.2, 0.25) is 0 Å². The number of hydrogen-bond acceptors (Lipinski definition) is 9. The molecule has 13 nitrogen and oxygen atoms in total. The quantitative estimate of drug-likeness (QED) is 0.0880. The van der Waals surface area contributed by atoms with Crippen molar-refractivity contribution in [3.63, 3.8) is 0 Å². The smallest absolute Gasteiger partial charge is 0.326 e. The summed E-state index contributed by atoms with van der Waals surface area (Å²) >= 11 is 0. The molecule has 0 aliphatic carbocycles. The second-order valence-electron chi connectivity index (χ2n) is 12.9. The van der Waals surface area contributed by atoms with Gasteiger partial charge in [-0.05, 0) is 87.6 Å². The molecule has 0 fully saturated rings. The van der Waals surface area contributed by atoms with Crippen LogP contribution in [0.1, 0.15) is 59.5 Å². The fourth-order valence-corrected chi connectivity index (χ4v) is 6.52. The van der Waals surface area contributed by atoms with Crippen molar-refractivity contribution in [3.05, 3.63) is 81.4 Å². The third-order valence-electron chi connectivity index (χ3n) is 8.07. The molecular formula is C35H42FN7O6Si. The fourth-order valence-electron chi connectivity index (χ4n) is 5.48. The van der Waals surface area contributed by atoms with Crippen LogP contribution in [0.3, 0.4) is 0 Å². The zero-order valence-corrected chi connectivity index (χ0v) is 29.4. The summed E-state index contributed by atoms with van der Waals surface area (Å²) in [7, 11) is -2.10. The van der Waals surface area contributed by atoms with Crippen LogP contribution < -0.4 is 15.8 Å². The molecule has 4 N–H and O–H groups in total. The van der Waals surface area contributed by atoms with Gasteiger partial charge in [0.15, 0.2) is 8.32 Å². The van der Waals surface area contributed by atoms with Crippen LogP contribution in [-0.2, 0) is 29.1 Å². The van der Waals surface area contributed by atoms with Crippen LogP contribution in [0.4, 0.5) is 10.1 Å². The minimum atomic E-state index is -2.10. The number of anilines is 1. The second kappa shape index (κ2) is 16.9. The van der Waals surface area contributed by atoms with Crippen molar-refractivity contribution in [2.24, 2.45) is 0 Å². The lowest BCUT2D eigenvalue weighted by Gasteiger charge is -2.23. The number of nitrogens with one attached hydrogen (secondary N) is 2. The minimum Gasteiger partial charge on any atom is -0.480 e. The Balaban J connectivity index is 1.30. The molecule has 1 atom stereocenters. The molecular weight excluding hydrogens is 662 g/mol. The van der Waals surface area contributed by atoms with Crippen LogP contribution in [0.25, 0.3) is 10.9 Å². The van der Waals surface area contributed by atoms with Gasteiger partial charge < -0.3 is 25.1 Å². The third kappa shape index (κ3) is 10.9. The number of carbonyl (C=O) groups excluding carboxylic acids is 2. The molecule has 0 bridgehead atoms. The Morgan fingerprint density at radius 3 is 2.64 bits per heavy atom. The van der Waals surface area contributed by atoms with Crippen molar-refractivity contribution in [1.29, 1.82) is 0 Å². The summed E-state index contributed by atoms with van der Waals surface area (Å²) in [5.74, 6) is -0.302. The van der Waals surface area contributed by atoms with Crippen molar-refractivity contribution in [3.8, 4) is 12.3 Å². The number of carboxylic acids is 1. The number of aromatic nitrogens is 5. The molecule has 4 aromatic rings. The average molecular weight is 704 g/mol. The monoisotopic (exact) mass is 703 g/mol. The zero-order valence-electron chi connectivity index (χ0n) is 28.4. The van der Waals surface area contributed by atoms with Gasteiger partial charge in [0.25, 0.3) is 11.5 Å². The number of Topliss-reactive ketones (excluding diaryl/α,β-unsaturated/α-hetero) is 1. The van der Waals surface area contributed by atoms with Crippen LogP contribution in [0.15, 0.2) is 47.4 Å². The number of ketones is 1. The summed E-state index contributed by atoms with van der Waals surface area (Å²) in [5.41, 5.74) is 1.82. The Hall–Kier alpha value is -5.20. The third-order valence-corrected chi connectivity index (χ3v) is 9.65. The van der Waals surface area contributed by atoms with Crippen molar-refractivity contribution in [2.45, 2.75) is 83.7 Å². The van der Waals surface area contributed by atoms with Gasteiger partial charge in [-0.15, -0.1) is 11.5 Å². The molecule has 15 heteroatoms. The number of nitrogens with zero attached hydrogens (tertiary/aromatic N) is 5. The molecule has 0 unspecified atom stereocenters. The number of aromatic amines is 1. The molecule has 50 heavy (non-hydrogen) atoms. The molecule has 2 aromatic heterocycles. The van der Waals surface area contributed by atoms with E-state index in [2.05, 4.69) is 31.5 Å². The van der Waals surface area contributed by atoms with Gasteiger partial charge in [-0.1, -0.05) is 17.2 Å². The second-order valence-corrected chi connectivity index (χ2v) is 17.0. The predicted molar refractivity (Wildman–Crippen MR) is 189 cm³/mol. The number of terminal acetylenes is 1. The number of halogens is 1. The largest absolute Gasteiger partial charge is 0.480 e. The van der Waals surface area contributed by atoms with E-state index in [1.165, 1.54) is 12.1 Å². The van der Waals surface area contributed by atoms with E-state index in [9.17, 15) is 29.1 Å². The van der Waals surface area contributed by atoms with E-state index >= 15 is 4.39 Å². The molecule has 2 aromatic carbocycles. The van der Waals surface area contributed by atoms with Gasteiger partial charge in [-0.2, -0.15) is 0 Å². The summed E-state index contributed by atoms with van der Waals surface area (Å²) in [6.45, 7) is 6.28. The van der Waals surface area contributed by atoms with Gasteiger partial charge in [0.1, 0.15) is 23.5 Å². The number of rotatable bonds is 18. The van der Waals surface area contributed by atoms with Crippen molar-refractivity contribution in [2.75, 3.05) is 11.4 Å². The first kappa shape index (κ1) is 37.6. The molecule has 0 saturated heterocycles. The summed E-state index contributed by atoms with van der Waals surface area (Å²) in [6, 6.07) is 8.47. The summed E-state index contributed by atoms with van der Waals surface area (Å²) in [4.78, 5) is 68.4. The van der Waals surface area contributed by atoms with Gasteiger partial charge >= 0.3 is 5.97 Å². The maximum Gasteiger partial charge on any atom is 0.326 e. The van der Waals surface area contributed by atoms with E-state index in [1.807, 2.05) is 19.3 Å². The van der Waals surface area contributed by atoms with E-state index in [-0.39, 0.29) is 49.3 Å². The highest BCUT2D eigenvalue weighted by molar-refractivity contribution is 6.69. The molecule has 2 heterocycles. The number of aliphatic carboxylic acids is 1. The first-order chi connectivity index (χ1) is 23.7. The van der Waals surface area contributed by atoms with Crippen LogP contribution >= 0.6 is 0 Å². The van der Waals surface area contributed by atoms with Gasteiger partial charge in [-0.25, -0.2) is 14.2 Å². The lowest BCUT2D eigenvalue weighted by molar-refractivity contribution is -0.139. The Kier molecular flexibility index (Phi) is 12.7. The van der Waals surface area contributed by atoms with E-state index in [4.69, 9.17) is 6.42 Å². The first-order valence-electron chi connectivity index (χ1n) is 16.4. The van der Waals surface area contributed by atoms with Crippen LogP contribution in [0, 0.1) is 25.1 Å². The normalized spacial score (nSPS) is 12.0. The highest BCUT2D eigenvalue weighted by Gasteiger charge is 2.24. The lowest BCUT2D eigenvalue weighted by atomic mass is 10.0. The molecule has 1 amide bonds. The maximum atomic E-state index is 15.3. The van der Waals surface area contributed by atoms with E-state index in [1.54, 1.807) is 34.7 Å². The highest BCUT2D eigenvalue weighted by atomic mass is 28.4. The molecule has 0 spiro atoms. The number of H-pyrrole nitrogens is 1. The van der Waals surface area contributed by atoms with Gasteiger partial charge in [-0.3, -0.25) is 19.1 Å². The topological polar surface area (TPSA) is 183 Å². The fraction of sp³-hybridized carbons (Fsp3) is 0.400. The SMILES string of the molecule is C#CCN(Cc1ccc2nc(C)[nH]c(=O)c2c1)c1ccc(C(=O)N[C@@H](CCC(=O)CCCn2cc(CCC[Si](C)(C)O)nn2)C(=O)O)c(F)c1. The average Bonchev–Trinajstić information content (AvgIpc) is 3.49. The Morgan fingerprint density at radius 2 is 1.94 bits per heavy atom. The Labute approximate surface area is 290 Å². The number of fused-ring (bicyclic) bond motifs is 1. The van der Waals surface area contributed by atoms with E-state index < -0.39 is 32.1 Å². The number of benzene rings is 2. The molecule has 0 saturated carbocycles. The molecule has 264 valence electrons. The first-order valence-corrected chi connectivity index (χ1v) is 19.5. The highest BCUT2D eigenvalue weighted by Crippen LogP contribution is 2.22. The van der Waals surface area contributed by atoms with Crippen molar-refractivity contribution >= 4 is 42.6 Å². The van der Waals surface area contributed by atoms with Crippen LogP contribution in [0.2, 0.25) is 19.1 Å². The number of amides is 1. The Morgan fingerprint density at radius 1 is 1.16 bits per heavy atom. The van der Waals surface area contributed by atoms with E-state index in [0.717, 1.165) is 29.8 Å². The van der Waals surface area contributed by atoms with Crippen molar-refractivity contribution < 1.29 is 28.7 Å². The number of carboxylic acid groups (broad SMARTS) is 1. The van der Waals surface area contributed by atoms with Crippen LogP contribution in [-0.4, -0.2) is 73.4 Å². The maximum absolute atomic E-state index is 15.3.